The largest absolute Gasteiger partial charge is 0.497 e. The third-order valence-electron chi connectivity index (χ3n) is 2.34. The number of hydrogen-bond donors (Lipinski definition) is 2. The minimum atomic E-state index is -5.04. The topological polar surface area (TPSA) is 58.6 Å². The Morgan fingerprint density at radius 1 is 1.28 bits per heavy atom. The summed E-state index contributed by atoms with van der Waals surface area (Å²) in [4.78, 5) is 11.3. The summed E-state index contributed by atoms with van der Waals surface area (Å²) < 4.78 is 42.0. The molecule has 1 aromatic rings. The molecule has 1 rings (SSSR count). The van der Waals surface area contributed by atoms with Crippen LogP contribution in [0.4, 0.5) is 18.9 Å². The molecule has 0 aromatic heterocycles. The molecule has 0 saturated heterocycles. The second kappa shape index (κ2) is 4.85. The zero-order valence-corrected chi connectivity index (χ0v) is 9.71. The van der Waals surface area contributed by atoms with Crippen LogP contribution >= 0.6 is 0 Å². The number of aliphatic hydroxyl groups is 1. The molecule has 2 N–H and O–H groups in total. The van der Waals surface area contributed by atoms with Crippen LogP contribution in [0.5, 0.6) is 5.75 Å². The highest BCUT2D eigenvalue weighted by atomic mass is 19.4. The van der Waals surface area contributed by atoms with Crippen molar-refractivity contribution in [2.75, 3.05) is 12.4 Å². The summed E-state index contributed by atoms with van der Waals surface area (Å²) in [6.45, 7) is 0.395. The van der Waals surface area contributed by atoms with Gasteiger partial charge in [-0.05, 0) is 31.2 Å². The Hall–Kier alpha value is -1.76. The van der Waals surface area contributed by atoms with E-state index in [0.29, 0.717) is 12.7 Å². The molecule has 0 aliphatic heterocycles. The minimum Gasteiger partial charge on any atom is -0.497 e. The molecule has 0 saturated carbocycles. The summed E-state index contributed by atoms with van der Waals surface area (Å²) in [5, 5.41) is 11.1. The molecular formula is C11H12F3NO3. The molecule has 0 aliphatic rings. The van der Waals surface area contributed by atoms with Gasteiger partial charge in [0.1, 0.15) is 5.75 Å². The number of ether oxygens (including phenoxy) is 1. The number of carbonyl (C=O) groups is 1. The maximum absolute atomic E-state index is 12.4. The van der Waals surface area contributed by atoms with Crippen molar-refractivity contribution in [2.45, 2.75) is 18.7 Å². The van der Waals surface area contributed by atoms with E-state index in [1.165, 1.54) is 31.4 Å². The number of alkyl halides is 3. The number of hydrogen-bond acceptors (Lipinski definition) is 3. The fourth-order valence-corrected chi connectivity index (χ4v) is 1.06. The van der Waals surface area contributed by atoms with Crippen LogP contribution < -0.4 is 10.1 Å². The Labute approximate surface area is 101 Å². The molecule has 7 heteroatoms. The van der Waals surface area contributed by atoms with E-state index in [4.69, 9.17) is 9.84 Å². The van der Waals surface area contributed by atoms with E-state index >= 15 is 0 Å². The van der Waals surface area contributed by atoms with Crippen molar-refractivity contribution >= 4 is 11.6 Å². The van der Waals surface area contributed by atoms with Crippen LogP contribution in [-0.2, 0) is 4.79 Å². The number of carbonyl (C=O) groups excluding carboxylic acids is 1. The van der Waals surface area contributed by atoms with Crippen LogP contribution in [0.1, 0.15) is 6.92 Å². The third kappa shape index (κ3) is 2.92. The van der Waals surface area contributed by atoms with Crippen molar-refractivity contribution in [2.24, 2.45) is 0 Å². The lowest BCUT2D eigenvalue weighted by molar-refractivity contribution is -0.242. The maximum atomic E-state index is 12.4. The van der Waals surface area contributed by atoms with Crippen LogP contribution in [0.2, 0.25) is 0 Å². The predicted molar refractivity (Wildman–Crippen MR) is 58.3 cm³/mol. The molecule has 0 unspecified atom stereocenters. The monoisotopic (exact) mass is 263 g/mol. The van der Waals surface area contributed by atoms with Gasteiger partial charge in [-0.3, -0.25) is 4.79 Å². The van der Waals surface area contributed by atoms with Crippen molar-refractivity contribution in [3.63, 3.8) is 0 Å². The summed E-state index contributed by atoms with van der Waals surface area (Å²) >= 11 is 0. The Kier molecular flexibility index (Phi) is 3.85. The van der Waals surface area contributed by atoms with Gasteiger partial charge in [0, 0.05) is 5.69 Å². The fraction of sp³-hybridized carbons (Fsp3) is 0.364. The first-order valence-electron chi connectivity index (χ1n) is 4.93. The lowest BCUT2D eigenvalue weighted by Crippen LogP contribution is -2.52. The van der Waals surface area contributed by atoms with E-state index in [9.17, 15) is 18.0 Å². The van der Waals surface area contributed by atoms with Crippen LogP contribution in [0, 0.1) is 0 Å². The molecular weight excluding hydrogens is 251 g/mol. The number of anilines is 1. The molecule has 0 fully saturated rings. The summed E-state index contributed by atoms with van der Waals surface area (Å²) in [5.74, 6) is -1.05. The number of nitrogens with one attached hydrogen (secondary N) is 1. The highest BCUT2D eigenvalue weighted by molar-refractivity contribution is 5.97. The lowest BCUT2D eigenvalue weighted by atomic mass is 10.1. The van der Waals surface area contributed by atoms with Crippen molar-refractivity contribution in [3.8, 4) is 5.75 Å². The zero-order valence-electron chi connectivity index (χ0n) is 9.71. The molecule has 1 aromatic carbocycles. The molecule has 0 aliphatic carbocycles. The number of rotatable bonds is 3. The van der Waals surface area contributed by atoms with Gasteiger partial charge in [-0.1, -0.05) is 0 Å². The van der Waals surface area contributed by atoms with Gasteiger partial charge in [0.15, 0.2) is 0 Å². The maximum Gasteiger partial charge on any atom is 0.426 e. The molecule has 4 nitrogen and oxygen atoms in total. The summed E-state index contributed by atoms with van der Waals surface area (Å²) in [5.41, 5.74) is -3.31. The van der Waals surface area contributed by atoms with Crippen LogP contribution in [0.25, 0.3) is 0 Å². The SMILES string of the molecule is COc1ccc(NC(=O)[C@@](C)(O)C(F)(F)F)cc1. The first kappa shape index (κ1) is 14.3. The van der Waals surface area contributed by atoms with Crippen LogP contribution in [0.3, 0.4) is 0 Å². The lowest BCUT2D eigenvalue weighted by Gasteiger charge is -2.24. The van der Waals surface area contributed by atoms with Crippen LogP contribution in [0.15, 0.2) is 24.3 Å². The number of amides is 1. The van der Waals surface area contributed by atoms with E-state index in [-0.39, 0.29) is 5.69 Å². The van der Waals surface area contributed by atoms with Crippen molar-refractivity contribution in [1.82, 2.24) is 0 Å². The second-order valence-corrected chi connectivity index (χ2v) is 3.75. The molecule has 1 amide bonds. The highest BCUT2D eigenvalue weighted by Crippen LogP contribution is 2.31. The zero-order chi connectivity index (χ0) is 14.0. The van der Waals surface area contributed by atoms with Crippen molar-refractivity contribution in [1.29, 1.82) is 0 Å². The molecule has 1 atom stereocenters. The summed E-state index contributed by atoms with van der Waals surface area (Å²) in [6.07, 6.45) is -5.04. The van der Waals surface area contributed by atoms with Gasteiger partial charge in [-0.25, -0.2) is 0 Å². The van der Waals surface area contributed by atoms with E-state index in [2.05, 4.69) is 0 Å². The molecule has 100 valence electrons. The van der Waals surface area contributed by atoms with Gasteiger partial charge in [-0.2, -0.15) is 13.2 Å². The third-order valence-corrected chi connectivity index (χ3v) is 2.34. The molecule has 0 radical (unpaired) electrons. The van der Waals surface area contributed by atoms with Crippen molar-refractivity contribution in [3.05, 3.63) is 24.3 Å². The fourth-order valence-electron chi connectivity index (χ4n) is 1.06. The van der Waals surface area contributed by atoms with Gasteiger partial charge in [-0.15, -0.1) is 0 Å². The normalized spacial score (nSPS) is 14.8. The standard InChI is InChI=1S/C11H12F3NO3/c1-10(17,11(12,13)14)9(16)15-7-3-5-8(18-2)6-4-7/h3-6,17H,1-2H3,(H,15,16)/t10-/m1/s1. The number of benzene rings is 1. The molecule has 18 heavy (non-hydrogen) atoms. The van der Waals surface area contributed by atoms with Crippen molar-refractivity contribution < 1.29 is 27.8 Å². The van der Waals surface area contributed by atoms with Gasteiger partial charge in [0.2, 0.25) is 5.60 Å². The Balaban J connectivity index is 2.81. The minimum absolute atomic E-state index is 0.130. The van der Waals surface area contributed by atoms with E-state index < -0.39 is 17.7 Å². The second-order valence-electron chi connectivity index (χ2n) is 3.75. The van der Waals surface area contributed by atoms with Gasteiger partial charge >= 0.3 is 6.18 Å². The smallest absolute Gasteiger partial charge is 0.426 e. The molecule has 0 spiro atoms. The van der Waals surface area contributed by atoms with Gasteiger partial charge in [0.25, 0.3) is 5.91 Å². The first-order chi connectivity index (χ1) is 8.18. The quantitative estimate of drug-likeness (QED) is 0.876. The summed E-state index contributed by atoms with van der Waals surface area (Å²) in [6, 6.07) is 5.67. The van der Waals surface area contributed by atoms with E-state index in [1.807, 2.05) is 5.32 Å². The van der Waals surface area contributed by atoms with Crippen LogP contribution in [-0.4, -0.2) is 29.9 Å². The predicted octanol–water partition coefficient (Wildman–Crippen LogP) is 1.95. The van der Waals surface area contributed by atoms with E-state index in [1.54, 1.807) is 0 Å². The Bertz CT molecular complexity index is 426. The van der Waals surface area contributed by atoms with Gasteiger partial charge < -0.3 is 15.2 Å². The number of halogens is 3. The molecule has 0 heterocycles. The van der Waals surface area contributed by atoms with E-state index in [0.717, 1.165) is 0 Å². The number of methoxy groups -OCH3 is 1. The summed E-state index contributed by atoms with van der Waals surface area (Å²) in [7, 11) is 1.43. The average Bonchev–Trinajstić information content (AvgIpc) is 2.28. The highest BCUT2D eigenvalue weighted by Gasteiger charge is 2.55. The van der Waals surface area contributed by atoms with Gasteiger partial charge in [0.05, 0.1) is 7.11 Å². The first-order valence-corrected chi connectivity index (χ1v) is 4.93. The molecule has 0 bridgehead atoms. The Morgan fingerprint density at radius 2 is 1.78 bits per heavy atom. The Morgan fingerprint density at radius 3 is 2.17 bits per heavy atom. The average molecular weight is 263 g/mol.